The molecule has 0 fully saturated rings. The van der Waals surface area contributed by atoms with E-state index in [-0.39, 0.29) is 0 Å². The van der Waals surface area contributed by atoms with Crippen molar-refractivity contribution < 1.29 is 4.42 Å². The highest BCUT2D eigenvalue weighted by Gasteiger charge is 2.18. The van der Waals surface area contributed by atoms with Crippen LogP contribution in [-0.4, -0.2) is 4.57 Å². The molecule has 0 aliphatic rings. The molecule has 0 atom stereocenters. The Morgan fingerprint density at radius 3 is 1.51 bits per heavy atom. The molecule has 13 aromatic carbocycles. The van der Waals surface area contributed by atoms with Crippen LogP contribution in [0.4, 0.5) is 17.1 Å². The van der Waals surface area contributed by atoms with Crippen molar-refractivity contribution in [2.24, 2.45) is 0 Å². The molecule has 0 saturated carbocycles. The second-order valence-corrected chi connectivity index (χ2v) is 19.6. The van der Waals surface area contributed by atoms with Crippen molar-refractivity contribution in [3.8, 4) is 50.2 Å². The lowest BCUT2D eigenvalue weighted by molar-refractivity contribution is 0.673. The van der Waals surface area contributed by atoms with Gasteiger partial charge in [0.2, 0.25) is 0 Å². The topological polar surface area (TPSA) is 21.3 Å². The van der Waals surface area contributed by atoms with Crippen LogP contribution in [0.1, 0.15) is 0 Å². The van der Waals surface area contributed by atoms with E-state index in [9.17, 15) is 0 Å². The molecule has 0 aliphatic heterocycles. The van der Waals surface area contributed by atoms with Crippen molar-refractivity contribution in [3.05, 3.63) is 279 Å². The van der Waals surface area contributed by atoms with Gasteiger partial charge >= 0.3 is 0 Å². The third kappa shape index (κ3) is 7.20. The molecule has 0 radical (unpaired) electrons. The minimum atomic E-state index is 0.882. The van der Waals surface area contributed by atoms with E-state index >= 15 is 0 Å². The summed E-state index contributed by atoms with van der Waals surface area (Å²) in [6.45, 7) is 0. The van der Waals surface area contributed by atoms with E-state index in [0.29, 0.717) is 0 Å². The lowest BCUT2D eigenvalue weighted by atomic mass is 9.92. The van der Waals surface area contributed by atoms with Crippen molar-refractivity contribution in [2.45, 2.75) is 0 Å². The summed E-state index contributed by atoms with van der Waals surface area (Å²) >= 11 is 0. The smallest absolute Gasteiger partial charge is 0.143 e. The molecule has 3 heteroatoms. The lowest BCUT2D eigenvalue weighted by Crippen LogP contribution is -2.10. The normalized spacial score (nSPS) is 11.7. The number of nitrogens with zero attached hydrogens (tertiary/aromatic N) is 2. The molecule has 0 unspecified atom stereocenters. The Balaban J connectivity index is 0.816. The van der Waals surface area contributed by atoms with Gasteiger partial charge in [-0.15, -0.1) is 0 Å². The van der Waals surface area contributed by atoms with Crippen LogP contribution in [0.25, 0.3) is 126 Å². The van der Waals surface area contributed by atoms with Crippen LogP contribution < -0.4 is 4.90 Å². The summed E-state index contributed by atoms with van der Waals surface area (Å²) in [5, 5.41) is 12.1. The minimum Gasteiger partial charge on any atom is -0.455 e. The Labute approximate surface area is 434 Å². The Bertz CT molecular complexity index is 4660. The molecular weight excluding hydrogens is 909 g/mol. The first-order chi connectivity index (χ1) is 37.2. The SMILES string of the molecule is c1cc(-c2ccc(N(c3ccc(-c4cccc(-n5c6ccccc6c6ccccc65)c4)cc3)c3cccc(-c4ccc5c(c4)oc4c6ccccc6ccc54)c3)cc2)cc(-c2cc3ccccc3c3ccccc23)c1. The fourth-order valence-corrected chi connectivity index (χ4v) is 11.7. The largest absolute Gasteiger partial charge is 0.455 e. The Morgan fingerprint density at radius 1 is 0.267 bits per heavy atom. The molecule has 15 rings (SSSR count). The van der Waals surface area contributed by atoms with E-state index in [0.717, 1.165) is 77.9 Å². The number of furan rings is 1. The second-order valence-electron chi connectivity index (χ2n) is 19.6. The Kier molecular flexibility index (Phi) is 9.89. The maximum atomic E-state index is 6.66. The van der Waals surface area contributed by atoms with Crippen LogP contribution in [-0.2, 0) is 0 Å². The van der Waals surface area contributed by atoms with Gasteiger partial charge in [0.25, 0.3) is 0 Å². The molecule has 0 N–H and O–H groups in total. The van der Waals surface area contributed by atoms with Gasteiger partial charge in [-0.25, -0.2) is 0 Å². The second kappa shape index (κ2) is 17.4. The quantitative estimate of drug-likeness (QED) is 0.142. The molecule has 350 valence electrons. The van der Waals surface area contributed by atoms with Crippen LogP contribution in [0.3, 0.4) is 0 Å². The Morgan fingerprint density at radius 2 is 0.787 bits per heavy atom. The maximum absolute atomic E-state index is 6.66. The molecule has 2 aromatic heterocycles. The van der Waals surface area contributed by atoms with E-state index in [2.05, 4.69) is 289 Å². The monoisotopic (exact) mass is 954 g/mol. The summed E-state index contributed by atoms with van der Waals surface area (Å²) in [6, 6.07) is 101. The summed E-state index contributed by atoms with van der Waals surface area (Å²) in [7, 11) is 0. The molecule has 3 nitrogen and oxygen atoms in total. The maximum Gasteiger partial charge on any atom is 0.143 e. The first kappa shape index (κ1) is 42.7. The van der Waals surface area contributed by atoms with Crippen molar-refractivity contribution in [1.82, 2.24) is 4.57 Å². The van der Waals surface area contributed by atoms with Gasteiger partial charge in [-0.2, -0.15) is 0 Å². The number of hydrogen-bond acceptors (Lipinski definition) is 2. The van der Waals surface area contributed by atoms with E-state index in [1.54, 1.807) is 0 Å². The molecule has 0 saturated heterocycles. The number of hydrogen-bond donors (Lipinski definition) is 0. The van der Waals surface area contributed by atoms with Crippen LogP contribution in [0.5, 0.6) is 0 Å². The van der Waals surface area contributed by atoms with E-state index in [1.165, 1.54) is 65.4 Å². The molecule has 0 spiro atoms. The fraction of sp³-hybridized carbons (Fsp3) is 0. The number of anilines is 3. The number of benzene rings is 13. The van der Waals surface area contributed by atoms with Gasteiger partial charge in [-0.1, -0.05) is 188 Å². The van der Waals surface area contributed by atoms with Gasteiger partial charge in [0.1, 0.15) is 11.2 Å². The van der Waals surface area contributed by atoms with Gasteiger partial charge in [0.15, 0.2) is 0 Å². The summed E-state index contributed by atoms with van der Waals surface area (Å²) < 4.78 is 9.05. The lowest BCUT2D eigenvalue weighted by Gasteiger charge is -2.26. The molecular formula is C72H46N2O. The molecule has 0 bridgehead atoms. The Hall–Kier alpha value is -9.96. The zero-order valence-electron chi connectivity index (χ0n) is 40.9. The van der Waals surface area contributed by atoms with Crippen molar-refractivity contribution in [3.63, 3.8) is 0 Å². The highest BCUT2D eigenvalue weighted by Crippen LogP contribution is 2.42. The predicted molar refractivity (Wildman–Crippen MR) is 317 cm³/mol. The van der Waals surface area contributed by atoms with Crippen molar-refractivity contribution >= 4 is 93.1 Å². The number of rotatable bonds is 8. The van der Waals surface area contributed by atoms with E-state index in [4.69, 9.17) is 4.42 Å². The fourth-order valence-electron chi connectivity index (χ4n) is 11.7. The summed E-state index contributed by atoms with van der Waals surface area (Å²) in [5.74, 6) is 0. The van der Waals surface area contributed by atoms with Gasteiger partial charge in [-0.3, -0.25) is 0 Å². The van der Waals surface area contributed by atoms with Crippen LogP contribution in [0.15, 0.2) is 283 Å². The van der Waals surface area contributed by atoms with E-state index in [1.807, 2.05) is 0 Å². The average molecular weight is 955 g/mol. The summed E-state index contributed by atoms with van der Waals surface area (Å²) in [5.41, 5.74) is 17.8. The minimum absolute atomic E-state index is 0.882. The van der Waals surface area contributed by atoms with Gasteiger partial charge in [0.05, 0.1) is 11.0 Å². The van der Waals surface area contributed by atoms with Gasteiger partial charge in [-0.05, 0) is 162 Å². The first-order valence-electron chi connectivity index (χ1n) is 25.7. The zero-order chi connectivity index (χ0) is 49.4. The van der Waals surface area contributed by atoms with Crippen LogP contribution >= 0.6 is 0 Å². The van der Waals surface area contributed by atoms with Crippen molar-refractivity contribution in [1.29, 1.82) is 0 Å². The highest BCUT2D eigenvalue weighted by molar-refractivity contribution is 6.16. The first-order valence-corrected chi connectivity index (χ1v) is 25.7. The standard InChI is InChI=1S/C72H46N2O/c1-4-23-61-49(14-1)34-41-67-66-40-35-53(46-71(66)75-72(61)67)52-18-13-20-58(44-52)73(57-38-32-48(33-39-57)51-17-12-21-59(43-51)74-69-28-9-7-26-64(69)65-27-8-10-29-70(65)74)56-36-30-47(31-37-56)50-16-11-19-54(42-50)68-45-55-15-2-3-22-60(55)62-24-5-6-25-63(62)68/h1-46H. The van der Waals surface area contributed by atoms with E-state index < -0.39 is 0 Å². The number of fused-ring (bicyclic) bond motifs is 11. The van der Waals surface area contributed by atoms with Gasteiger partial charge < -0.3 is 13.9 Å². The highest BCUT2D eigenvalue weighted by atomic mass is 16.3. The van der Waals surface area contributed by atoms with Gasteiger partial charge in [0, 0.05) is 49.7 Å². The zero-order valence-corrected chi connectivity index (χ0v) is 40.9. The number of para-hydroxylation sites is 2. The number of aromatic nitrogens is 1. The van der Waals surface area contributed by atoms with Crippen molar-refractivity contribution in [2.75, 3.05) is 4.90 Å². The van der Waals surface area contributed by atoms with Crippen LogP contribution in [0.2, 0.25) is 0 Å². The molecule has 0 amide bonds. The third-order valence-corrected chi connectivity index (χ3v) is 15.3. The summed E-state index contributed by atoms with van der Waals surface area (Å²) in [4.78, 5) is 2.37. The molecule has 0 aliphatic carbocycles. The molecule has 75 heavy (non-hydrogen) atoms. The average Bonchev–Trinajstić information content (AvgIpc) is 4.03. The predicted octanol–water partition coefficient (Wildman–Crippen LogP) is 20.3. The summed E-state index contributed by atoms with van der Waals surface area (Å²) in [6.07, 6.45) is 0. The molecule has 15 aromatic rings. The third-order valence-electron chi connectivity index (χ3n) is 15.3. The van der Waals surface area contributed by atoms with Crippen LogP contribution in [0, 0.1) is 0 Å². The molecule has 2 heterocycles.